The fraction of sp³-hybridized carbons (Fsp3) is 0.780. The Morgan fingerprint density at radius 2 is 1.71 bits per heavy atom. The van der Waals surface area contributed by atoms with Gasteiger partial charge in [-0.15, -0.1) is 0 Å². The molecule has 328 valence electrons. The van der Waals surface area contributed by atoms with Crippen molar-refractivity contribution in [3.63, 3.8) is 0 Å². The summed E-state index contributed by atoms with van der Waals surface area (Å²) in [6.45, 7) is 14.0. The van der Waals surface area contributed by atoms with E-state index in [0.717, 1.165) is 12.3 Å². The van der Waals surface area contributed by atoms with Gasteiger partial charge in [-0.3, -0.25) is 14.4 Å². The fourth-order valence-corrected chi connectivity index (χ4v) is 9.00. The number of fused-ring (bicyclic) bond motifs is 1. The lowest BCUT2D eigenvalue weighted by Gasteiger charge is -2.47. The van der Waals surface area contributed by atoms with Crippen molar-refractivity contribution in [2.24, 2.45) is 23.7 Å². The van der Waals surface area contributed by atoms with Crippen molar-refractivity contribution >= 4 is 29.4 Å². The number of aliphatic hydroxyl groups is 1. The standard InChI is InChI=1S/C41H63F3N4O10/c1-12-29-40(8)34(48(38(53)58-40)18-14-13-17-45-30-16-15-27(21-46-30)41(42,43)44)24(4)31(49)22(2)20-39(7,54-11)35(25(5)32(50)26(6)36(52)56-29)57-37-33(51)28(47(9)10)19-23(3)55-37/h15-16,21-26,28-29,33-35,37,51H,12-14,17-20H2,1-11H3,(H,45,46)/t22-,23-,24-,25-,26-,28+,29+,33-,34+,35-,37?,39-,40-/m1/s1. The van der Waals surface area contributed by atoms with Crippen LogP contribution in [0.25, 0.3) is 0 Å². The van der Waals surface area contributed by atoms with Crippen LogP contribution in [-0.4, -0.2) is 132 Å². The summed E-state index contributed by atoms with van der Waals surface area (Å²) < 4.78 is 69.8. The van der Waals surface area contributed by atoms with Crippen LogP contribution in [0, 0.1) is 23.7 Å². The number of halogens is 3. The van der Waals surface area contributed by atoms with E-state index in [1.54, 1.807) is 41.5 Å². The maximum atomic E-state index is 14.6. The summed E-state index contributed by atoms with van der Waals surface area (Å²) >= 11 is 0. The summed E-state index contributed by atoms with van der Waals surface area (Å²) in [5.41, 5.74) is -3.66. The highest BCUT2D eigenvalue weighted by Gasteiger charge is 2.60. The number of ether oxygens (including phenoxy) is 5. The van der Waals surface area contributed by atoms with Gasteiger partial charge < -0.3 is 43.9 Å². The van der Waals surface area contributed by atoms with E-state index in [-0.39, 0.29) is 43.1 Å². The number of ketones is 2. The number of hydrogen-bond donors (Lipinski definition) is 2. The van der Waals surface area contributed by atoms with Gasteiger partial charge in [-0.1, -0.05) is 27.7 Å². The molecular formula is C41H63F3N4O10. The summed E-state index contributed by atoms with van der Waals surface area (Å²) in [6, 6.07) is 0.986. The number of hydrogen-bond acceptors (Lipinski definition) is 13. The SMILES string of the molecule is CC[C@@H]1OC(=O)[C@H](C)C(=O)[C@@H](C)[C@@H](OC2O[C@H](C)C[C@H](N(C)C)[C@H]2O)[C@](C)(OC)C[C@@H](C)C(=O)[C@@H](C)[C@@H]2N(CCCCNc3ccc(C(F)(F)F)cn3)C(=O)O[C@]12C. The molecule has 3 saturated heterocycles. The highest BCUT2D eigenvalue weighted by molar-refractivity contribution is 6.00. The molecule has 4 heterocycles. The highest BCUT2D eigenvalue weighted by atomic mass is 19.4. The number of likely N-dealkylation sites (N-methyl/N-ethyl adjacent to an activating group) is 1. The summed E-state index contributed by atoms with van der Waals surface area (Å²) in [7, 11) is 5.14. The third kappa shape index (κ3) is 10.1. The molecule has 0 aliphatic carbocycles. The lowest BCUT2D eigenvalue weighted by atomic mass is 9.73. The molecule has 17 heteroatoms. The minimum absolute atomic E-state index is 0.0718. The van der Waals surface area contributed by atoms with Crippen LogP contribution in [0.2, 0.25) is 0 Å². The maximum Gasteiger partial charge on any atom is 0.417 e. The van der Waals surface area contributed by atoms with Crippen molar-refractivity contribution in [3.05, 3.63) is 23.9 Å². The Bertz CT molecular complexity index is 1600. The van der Waals surface area contributed by atoms with Crippen LogP contribution in [0.4, 0.5) is 23.8 Å². The number of alkyl halides is 3. The zero-order chi connectivity index (χ0) is 43.5. The molecule has 1 amide bonds. The lowest BCUT2D eigenvalue weighted by Crippen LogP contribution is -2.60. The van der Waals surface area contributed by atoms with Crippen molar-refractivity contribution in [1.29, 1.82) is 0 Å². The predicted octanol–water partition coefficient (Wildman–Crippen LogP) is 5.50. The average molecular weight is 829 g/mol. The molecule has 3 aliphatic heterocycles. The molecule has 2 N–H and O–H groups in total. The third-order valence-electron chi connectivity index (χ3n) is 12.4. The molecule has 58 heavy (non-hydrogen) atoms. The molecule has 1 aromatic rings. The number of carbonyl (C=O) groups is 4. The predicted molar refractivity (Wildman–Crippen MR) is 207 cm³/mol. The van der Waals surface area contributed by atoms with Crippen molar-refractivity contribution in [2.75, 3.05) is 39.6 Å². The molecule has 1 aromatic heterocycles. The third-order valence-corrected chi connectivity index (χ3v) is 12.4. The first kappa shape index (κ1) is 47.3. The Hall–Kier alpha value is -3.38. The van der Waals surface area contributed by atoms with E-state index < -0.39 is 95.1 Å². The first-order valence-electron chi connectivity index (χ1n) is 20.3. The number of pyridine rings is 1. The number of amides is 1. The monoisotopic (exact) mass is 828 g/mol. The van der Waals surface area contributed by atoms with Crippen LogP contribution >= 0.6 is 0 Å². The van der Waals surface area contributed by atoms with Gasteiger partial charge in [0.15, 0.2) is 17.7 Å². The fourth-order valence-electron chi connectivity index (χ4n) is 9.00. The molecule has 14 nitrogen and oxygen atoms in total. The summed E-state index contributed by atoms with van der Waals surface area (Å²) in [6.07, 6.45) is -7.37. The van der Waals surface area contributed by atoms with Crippen LogP contribution in [0.5, 0.6) is 0 Å². The van der Waals surface area contributed by atoms with Crippen LogP contribution in [0.3, 0.4) is 0 Å². The number of Topliss-reactive ketones (excluding diaryl/α,β-unsaturated/α-hetero) is 2. The molecule has 0 saturated carbocycles. The summed E-state index contributed by atoms with van der Waals surface area (Å²) in [4.78, 5) is 63.7. The number of aliphatic hydroxyl groups excluding tert-OH is 1. The minimum atomic E-state index is -4.50. The van der Waals surface area contributed by atoms with Crippen LogP contribution in [-0.2, 0) is 44.2 Å². The van der Waals surface area contributed by atoms with E-state index in [1.165, 1.54) is 25.0 Å². The normalized spacial score (nSPS) is 37.0. The van der Waals surface area contributed by atoms with Gasteiger partial charge in [-0.2, -0.15) is 13.2 Å². The van der Waals surface area contributed by atoms with E-state index in [0.29, 0.717) is 25.8 Å². The molecule has 0 radical (unpaired) electrons. The van der Waals surface area contributed by atoms with Crippen molar-refractivity contribution in [3.8, 4) is 0 Å². The number of unbranched alkanes of at least 4 members (excludes halogenated alkanes) is 1. The van der Waals surface area contributed by atoms with Crippen molar-refractivity contribution in [2.45, 2.75) is 148 Å². The van der Waals surface area contributed by atoms with Gasteiger partial charge in [0.05, 0.1) is 29.4 Å². The summed E-state index contributed by atoms with van der Waals surface area (Å²) in [5.74, 6) is -5.11. The van der Waals surface area contributed by atoms with Crippen LogP contribution in [0.1, 0.15) is 93.1 Å². The molecule has 13 atom stereocenters. The van der Waals surface area contributed by atoms with Gasteiger partial charge in [-0.25, -0.2) is 9.78 Å². The van der Waals surface area contributed by atoms with Gasteiger partial charge in [-0.05, 0) is 86.0 Å². The number of rotatable bonds is 11. The molecule has 1 unspecified atom stereocenters. The summed E-state index contributed by atoms with van der Waals surface area (Å²) in [5, 5.41) is 14.4. The van der Waals surface area contributed by atoms with Gasteiger partial charge in [0.1, 0.15) is 29.7 Å². The van der Waals surface area contributed by atoms with Gasteiger partial charge in [0.2, 0.25) is 0 Å². The second-order valence-corrected chi connectivity index (χ2v) is 16.9. The van der Waals surface area contributed by atoms with Crippen LogP contribution < -0.4 is 5.32 Å². The second kappa shape index (κ2) is 18.9. The van der Waals surface area contributed by atoms with E-state index >= 15 is 0 Å². The Kier molecular flexibility index (Phi) is 15.4. The van der Waals surface area contributed by atoms with Gasteiger partial charge in [0.25, 0.3) is 0 Å². The number of nitrogens with zero attached hydrogens (tertiary/aromatic N) is 3. The maximum absolute atomic E-state index is 14.6. The number of methoxy groups -OCH3 is 1. The molecule has 0 aromatic carbocycles. The van der Waals surface area contributed by atoms with E-state index in [9.17, 15) is 37.5 Å². The Balaban J connectivity index is 1.64. The molecule has 4 rings (SSSR count). The Morgan fingerprint density at radius 3 is 2.28 bits per heavy atom. The molecule has 3 fully saturated rings. The lowest BCUT2D eigenvalue weighted by molar-refractivity contribution is -0.295. The zero-order valence-electron chi connectivity index (χ0n) is 35.6. The number of carbonyl (C=O) groups excluding carboxylic acids is 4. The number of anilines is 1. The van der Waals surface area contributed by atoms with Crippen LogP contribution in [0.15, 0.2) is 18.3 Å². The Labute approximate surface area is 339 Å². The van der Waals surface area contributed by atoms with E-state index in [1.807, 2.05) is 25.9 Å². The first-order chi connectivity index (χ1) is 27.0. The smallest absolute Gasteiger partial charge is 0.417 e. The van der Waals surface area contributed by atoms with Crippen molar-refractivity contribution < 1.29 is 61.1 Å². The van der Waals surface area contributed by atoms with E-state index in [2.05, 4.69) is 10.3 Å². The largest absolute Gasteiger partial charge is 0.458 e. The number of aromatic nitrogens is 1. The topological polar surface area (TPSA) is 166 Å². The molecular weight excluding hydrogens is 765 g/mol. The van der Waals surface area contributed by atoms with Gasteiger partial charge in [0, 0.05) is 50.2 Å². The average Bonchev–Trinajstić information content (AvgIpc) is 3.43. The number of esters is 1. The molecule has 3 aliphatic rings. The Morgan fingerprint density at radius 1 is 1.03 bits per heavy atom. The number of cyclic esters (lactones) is 1. The zero-order valence-corrected chi connectivity index (χ0v) is 35.6. The molecule has 0 spiro atoms. The quantitative estimate of drug-likeness (QED) is 0.163. The first-order valence-corrected chi connectivity index (χ1v) is 20.3. The minimum Gasteiger partial charge on any atom is -0.458 e. The molecule has 0 bridgehead atoms. The highest BCUT2D eigenvalue weighted by Crippen LogP contribution is 2.43. The van der Waals surface area contributed by atoms with E-state index in [4.69, 9.17) is 23.7 Å². The second-order valence-electron chi connectivity index (χ2n) is 16.9. The van der Waals surface area contributed by atoms with Crippen molar-refractivity contribution in [1.82, 2.24) is 14.8 Å². The number of nitrogens with one attached hydrogen (secondary N) is 1. The van der Waals surface area contributed by atoms with Gasteiger partial charge >= 0.3 is 18.2 Å².